The average Bonchev–Trinajstić information content (AvgIpc) is 3.37. The highest BCUT2D eigenvalue weighted by atomic mass is 19.1. The summed E-state index contributed by atoms with van der Waals surface area (Å²) in [6.45, 7) is 2.09. The second-order valence-electron chi connectivity index (χ2n) is 8.12. The van der Waals surface area contributed by atoms with E-state index in [2.05, 4.69) is 15.5 Å². The number of methoxy groups -OCH3 is 1. The molecule has 176 valence electrons. The van der Waals surface area contributed by atoms with Crippen LogP contribution in [0.25, 0.3) is 17.0 Å². The van der Waals surface area contributed by atoms with E-state index in [1.165, 1.54) is 12.1 Å². The monoisotopic (exact) mass is 470 g/mol. The normalized spacial score (nSPS) is 15.8. The van der Waals surface area contributed by atoms with Crippen molar-refractivity contribution in [2.75, 3.05) is 7.11 Å². The number of ether oxygens (including phenoxy) is 1. The number of nitrogens with zero attached hydrogens (tertiary/aromatic N) is 3. The number of urea groups is 1. The molecule has 8 heteroatoms. The lowest BCUT2D eigenvalue weighted by Gasteiger charge is -2.35. The van der Waals surface area contributed by atoms with E-state index in [4.69, 9.17) is 9.26 Å². The van der Waals surface area contributed by atoms with E-state index in [-0.39, 0.29) is 18.5 Å². The molecule has 0 bridgehead atoms. The van der Waals surface area contributed by atoms with E-state index < -0.39 is 11.9 Å². The van der Waals surface area contributed by atoms with Gasteiger partial charge in [-0.15, -0.1) is 0 Å². The molecule has 0 aliphatic carbocycles. The molecule has 1 unspecified atom stereocenters. The summed E-state index contributed by atoms with van der Waals surface area (Å²) in [7, 11) is 1.59. The minimum absolute atomic E-state index is 0.251. The van der Waals surface area contributed by atoms with Gasteiger partial charge in [0.25, 0.3) is 5.89 Å². The van der Waals surface area contributed by atoms with E-state index in [9.17, 15) is 9.18 Å². The molecular weight excluding hydrogens is 447 g/mol. The van der Waals surface area contributed by atoms with Gasteiger partial charge in [-0.2, -0.15) is 4.98 Å². The van der Waals surface area contributed by atoms with E-state index in [1.54, 1.807) is 24.1 Å². The molecule has 1 aliphatic rings. The minimum Gasteiger partial charge on any atom is -0.496 e. The summed E-state index contributed by atoms with van der Waals surface area (Å²) in [6.07, 6.45) is 0. The lowest BCUT2D eigenvalue weighted by atomic mass is 9.94. The number of carbonyl (C=O) groups is 1. The Balaban J connectivity index is 1.61. The van der Waals surface area contributed by atoms with Crippen LogP contribution in [0.15, 0.2) is 89.1 Å². The van der Waals surface area contributed by atoms with Gasteiger partial charge < -0.3 is 14.6 Å². The van der Waals surface area contributed by atoms with Crippen molar-refractivity contribution in [2.24, 2.45) is 0 Å². The highest BCUT2D eigenvalue weighted by Crippen LogP contribution is 2.38. The second kappa shape index (κ2) is 9.42. The van der Waals surface area contributed by atoms with Crippen molar-refractivity contribution in [3.8, 4) is 17.1 Å². The van der Waals surface area contributed by atoms with Crippen LogP contribution < -0.4 is 10.1 Å². The van der Waals surface area contributed by atoms with Gasteiger partial charge >= 0.3 is 6.03 Å². The Morgan fingerprint density at radius 2 is 1.83 bits per heavy atom. The first kappa shape index (κ1) is 22.3. The standard InChI is InChI=1S/C27H23FN4O3/c1-17-23(26-30-25(31-35-26)18-9-4-3-5-10-18)24(19-12-8-13-21(28)15-19)29-27(33)32(17)16-20-11-6-7-14-22(20)34-2/h3-15,24H,16H2,1-2H3,(H,29,33). The molecule has 1 atom stereocenters. The molecule has 3 aromatic carbocycles. The molecule has 2 heterocycles. The Morgan fingerprint density at radius 1 is 1.06 bits per heavy atom. The number of benzene rings is 3. The van der Waals surface area contributed by atoms with Crippen LogP contribution in [0.4, 0.5) is 9.18 Å². The van der Waals surface area contributed by atoms with Crippen molar-refractivity contribution in [1.82, 2.24) is 20.4 Å². The zero-order chi connectivity index (χ0) is 24.4. The fourth-order valence-electron chi connectivity index (χ4n) is 4.23. The van der Waals surface area contributed by atoms with Gasteiger partial charge in [0.2, 0.25) is 5.82 Å². The number of rotatable bonds is 6. The van der Waals surface area contributed by atoms with Crippen molar-refractivity contribution in [3.05, 3.63) is 107 Å². The zero-order valence-corrected chi connectivity index (χ0v) is 19.2. The molecule has 0 saturated heterocycles. The topological polar surface area (TPSA) is 80.5 Å². The molecule has 5 rings (SSSR count). The molecule has 1 aromatic heterocycles. The summed E-state index contributed by atoms with van der Waals surface area (Å²) in [6, 6.07) is 22.1. The predicted molar refractivity (Wildman–Crippen MR) is 129 cm³/mol. The Kier molecular flexibility index (Phi) is 6.01. The molecular formula is C27H23FN4O3. The fourth-order valence-corrected chi connectivity index (χ4v) is 4.23. The summed E-state index contributed by atoms with van der Waals surface area (Å²) in [5, 5.41) is 7.14. The third-order valence-corrected chi connectivity index (χ3v) is 5.99. The Hall–Kier alpha value is -4.46. The third-order valence-electron chi connectivity index (χ3n) is 5.99. The van der Waals surface area contributed by atoms with E-state index in [0.29, 0.717) is 28.4 Å². The molecule has 1 aliphatic heterocycles. The molecule has 7 nitrogen and oxygen atoms in total. The van der Waals surface area contributed by atoms with Crippen molar-refractivity contribution in [1.29, 1.82) is 0 Å². The summed E-state index contributed by atoms with van der Waals surface area (Å²) in [4.78, 5) is 19.5. The summed E-state index contributed by atoms with van der Waals surface area (Å²) >= 11 is 0. The van der Waals surface area contributed by atoms with Gasteiger partial charge in [0.05, 0.1) is 25.3 Å². The number of para-hydroxylation sites is 1. The van der Waals surface area contributed by atoms with Gasteiger partial charge in [0.1, 0.15) is 11.6 Å². The number of amides is 2. The quantitative estimate of drug-likeness (QED) is 0.398. The zero-order valence-electron chi connectivity index (χ0n) is 19.2. The molecule has 1 N–H and O–H groups in total. The van der Waals surface area contributed by atoms with E-state index >= 15 is 0 Å². The van der Waals surface area contributed by atoms with Crippen LogP contribution in [0.2, 0.25) is 0 Å². The van der Waals surface area contributed by atoms with Gasteiger partial charge in [-0.25, -0.2) is 9.18 Å². The van der Waals surface area contributed by atoms with Crippen LogP contribution >= 0.6 is 0 Å². The Bertz CT molecular complexity index is 1400. The predicted octanol–water partition coefficient (Wildman–Crippen LogP) is 5.58. The SMILES string of the molecule is COc1ccccc1CN1C(=O)NC(c2cccc(F)c2)C(c2nc(-c3ccccc3)no2)=C1C. The number of carbonyl (C=O) groups excluding carboxylic acids is 1. The maximum Gasteiger partial charge on any atom is 0.322 e. The molecule has 35 heavy (non-hydrogen) atoms. The van der Waals surface area contributed by atoms with Gasteiger partial charge in [0, 0.05) is 16.8 Å². The molecule has 0 fully saturated rings. The average molecular weight is 471 g/mol. The first-order valence-corrected chi connectivity index (χ1v) is 11.1. The first-order chi connectivity index (χ1) is 17.0. The van der Waals surface area contributed by atoms with Crippen LogP contribution in [0.1, 0.15) is 30.0 Å². The molecule has 0 radical (unpaired) electrons. The van der Waals surface area contributed by atoms with Crippen molar-refractivity contribution >= 4 is 11.6 Å². The fraction of sp³-hybridized carbons (Fsp3) is 0.148. The van der Waals surface area contributed by atoms with Gasteiger partial charge in [-0.3, -0.25) is 4.90 Å². The lowest BCUT2D eigenvalue weighted by Crippen LogP contribution is -2.45. The van der Waals surface area contributed by atoms with Crippen molar-refractivity contribution in [2.45, 2.75) is 19.5 Å². The van der Waals surface area contributed by atoms with Gasteiger partial charge in [-0.05, 0) is 30.7 Å². The molecule has 0 spiro atoms. The number of halogens is 1. The number of aromatic nitrogens is 2. The number of hydrogen-bond donors (Lipinski definition) is 1. The van der Waals surface area contributed by atoms with E-state index in [1.807, 2.05) is 61.5 Å². The van der Waals surface area contributed by atoms with Gasteiger partial charge in [-0.1, -0.05) is 65.8 Å². The Morgan fingerprint density at radius 3 is 2.60 bits per heavy atom. The number of hydrogen-bond acceptors (Lipinski definition) is 5. The molecule has 2 amide bonds. The summed E-state index contributed by atoms with van der Waals surface area (Å²) in [5.41, 5.74) is 3.43. The highest BCUT2D eigenvalue weighted by molar-refractivity contribution is 5.87. The van der Waals surface area contributed by atoms with Crippen molar-refractivity contribution in [3.63, 3.8) is 0 Å². The molecule has 4 aromatic rings. The van der Waals surface area contributed by atoms with Crippen LogP contribution in [0, 0.1) is 5.82 Å². The maximum absolute atomic E-state index is 14.1. The van der Waals surface area contributed by atoms with Crippen LogP contribution in [-0.4, -0.2) is 28.2 Å². The van der Waals surface area contributed by atoms with Gasteiger partial charge in [0.15, 0.2) is 0 Å². The smallest absolute Gasteiger partial charge is 0.322 e. The molecule has 0 saturated carbocycles. The maximum atomic E-state index is 14.1. The largest absolute Gasteiger partial charge is 0.496 e. The lowest BCUT2D eigenvalue weighted by molar-refractivity contribution is 0.202. The van der Waals surface area contributed by atoms with Crippen LogP contribution in [-0.2, 0) is 6.54 Å². The summed E-state index contributed by atoms with van der Waals surface area (Å²) in [5.74, 6) is 0.944. The Labute approximate surface area is 201 Å². The van der Waals surface area contributed by atoms with Crippen LogP contribution in [0.5, 0.6) is 5.75 Å². The third kappa shape index (κ3) is 4.38. The number of allylic oxidation sites excluding steroid dienone is 1. The number of nitrogens with one attached hydrogen (secondary N) is 1. The summed E-state index contributed by atoms with van der Waals surface area (Å²) < 4.78 is 25.3. The first-order valence-electron chi connectivity index (χ1n) is 11.1. The van der Waals surface area contributed by atoms with Crippen molar-refractivity contribution < 1.29 is 18.4 Å². The highest BCUT2D eigenvalue weighted by Gasteiger charge is 2.36. The second-order valence-corrected chi connectivity index (χ2v) is 8.12. The van der Waals surface area contributed by atoms with E-state index in [0.717, 1.165) is 11.1 Å². The van der Waals surface area contributed by atoms with Crippen LogP contribution in [0.3, 0.4) is 0 Å². The minimum atomic E-state index is -0.670.